The van der Waals surface area contributed by atoms with E-state index in [2.05, 4.69) is 18.7 Å². The van der Waals surface area contributed by atoms with Gasteiger partial charge < -0.3 is 5.73 Å². The van der Waals surface area contributed by atoms with E-state index in [9.17, 15) is 8.78 Å². The molecule has 2 unspecified atom stereocenters. The highest BCUT2D eigenvalue weighted by Gasteiger charge is 2.33. The Bertz CT molecular complexity index is 400. The highest BCUT2D eigenvalue weighted by Crippen LogP contribution is 2.32. The van der Waals surface area contributed by atoms with Gasteiger partial charge in [-0.1, -0.05) is 13.8 Å². The van der Waals surface area contributed by atoms with Gasteiger partial charge in [-0.05, 0) is 30.0 Å². The molecule has 2 rings (SSSR count). The number of nitrogens with zero attached hydrogens (tertiary/aromatic N) is 1. The maximum absolute atomic E-state index is 13.3. The van der Waals surface area contributed by atoms with Gasteiger partial charge in [-0.3, -0.25) is 4.90 Å². The molecule has 4 heteroatoms. The lowest BCUT2D eigenvalue weighted by molar-refractivity contribution is 0.220. The lowest BCUT2D eigenvalue weighted by atomic mass is 10.00. The van der Waals surface area contributed by atoms with Crippen LogP contribution in [0.4, 0.5) is 8.78 Å². The van der Waals surface area contributed by atoms with Gasteiger partial charge in [0.25, 0.3) is 0 Å². The number of benzene rings is 1. The maximum Gasteiger partial charge on any atom is 0.126 e. The summed E-state index contributed by atoms with van der Waals surface area (Å²) in [6, 6.07) is 3.57. The van der Waals surface area contributed by atoms with E-state index < -0.39 is 11.6 Å². The molecule has 1 fully saturated rings. The van der Waals surface area contributed by atoms with Crippen LogP contribution in [0.15, 0.2) is 18.2 Å². The van der Waals surface area contributed by atoms with E-state index in [1.807, 2.05) is 0 Å². The molecular formula is C14H20F2N2. The Morgan fingerprint density at radius 1 is 1.28 bits per heavy atom. The normalized spacial score (nSPS) is 25.0. The quantitative estimate of drug-likeness (QED) is 0.898. The van der Waals surface area contributed by atoms with E-state index in [0.717, 1.165) is 25.6 Å². The molecule has 18 heavy (non-hydrogen) atoms. The SMILES string of the molecule is CC(C)CN1CCC(N)C1c1cc(F)cc(F)c1. The van der Waals surface area contributed by atoms with Gasteiger partial charge in [-0.2, -0.15) is 0 Å². The third-order valence-electron chi connectivity index (χ3n) is 3.37. The molecule has 1 heterocycles. The van der Waals surface area contributed by atoms with Crippen LogP contribution in [0.1, 0.15) is 31.9 Å². The van der Waals surface area contributed by atoms with Gasteiger partial charge in [0.15, 0.2) is 0 Å². The van der Waals surface area contributed by atoms with E-state index in [1.54, 1.807) is 0 Å². The van der Waals surface area contributed by atoms with Crippen molar-refractivity contribution in [1.82, 2.24) is 4.90 Å². The van der Waals surface area contributed by atoms with Crippen molar-refractivity contribution in [3.63, 3.8) is 0 Å². The second-order valence-electron chi connectivity index (χ2n) is 5.49. The number of hydrogen-bond acceptors (Lipinski definition) is 2. The zero-order valence-electron chi connectivity index (χ0n) is 10.9. The molecule has 1 aliphatic rings. The van der Waals surface area contributed by atoms with Crippen LogP contribution in [0.25, 0.3) is 0 Å². The first-order valence-corrected chi connectivity index (χ1v) is 6.43. The first-order valence-electron chi connectivity index (χ1n) is 6.43. The molecule has 1 aromatic rings. The van der Waals surface area contributed by atoms with E-state index in [1.165, 1.54) is 12.1 Å². The smallest absolute Gasteiger partial charge is 0.126 e. The number of rotatable bonds is 3. The van der Waals surface area contributed by atoms with Crippen molar-refractivity contribution < 1.29 is 8.78 Å². The average Bonchev–Trinajstić information content (AvgIpc) is 2.57. The molecule has 2 nitrogen and oxygen atoms in total. The van der Waals surface area contributed by atoms with Gasteiger partial charge in [-0.15, -0.1) is 0 Å². The molecule has 1 aromatic carbocycles. The second kappa shape index (κ2) is 5.33. The van der Waals surface area contributed by atoms with Crippen molar-refractivity contribution in [2.45, 2.75) is 32.4 Å². The lowest BCUT2D eigenvalue weighted by Crippen LogP contribution is -2.34. The van der Waals surface area contributed by atoms with Crippen LogP contribution in [0, 0.1) is 17.6 Å². The van der Waals surface area contributed by atoms with Crippen LogP contribution in [0.3, 0.4) is 0 Å². The Balaban J connectivity index is 2.27. The van der Waals surface area contributed by atoms with E-state index >= 15 is 0 Å². The molecule has 1 saturated heterocycles. The minimum atomic E-state index is -0.534. The Morgan fingerprint density at radius 2 is 1.89 bits per heavy atom. The van der Waals surface area contributed by atoms with Gasteiger partial charge in [0.2, 0.25) is 0 Å². The first kappa shape index (κ1) is 13.4. The summed E-state index contributed by atoms with van der Waals surface area (Å²) < 4.78 is 26.6. The van der Waals surface area contributed by atoms with Crippen LogP contribution in [0.5, 0.6) is 0 Å². The van der Waals surface area contributed by atoms with E-state index in [0.29, 0.717) is 11.5 Å². The van der Waals surface area contributed by atoms with Crippen molar-refractivity contribution in [2.24, 2.45) is 11.7 Å². The Kier molecular flexibility index (Phi) is 3.97. The topological polar surface area (TPSA) is 29.3 Å². The van der Waals surface area contributed by atoms with Gasteiger partial charge in [0.1, 0.15) is 11.6 Å². The molecule has 0 saturated carbocycles. The van der Waals surface area contributed by atoms with E-state index in [-0.39, 0.29) is 12.1 Å². The molecule has 100 valence electrons. The lowest BCUT2D eigenvalue weighted by Gasteiger charge is -2.28. The van der Waals surface area contributed by atoms with Crippen LogP contribution in [-0.4, -0.2) is 24.0 Å². The third kappa shape index (κ3) is 2.87. The standard InChI is InChI=1S/C14H20F2N2/c1-9(2)8-18-4-3-13(17)14(18)10-5-11(15)7-12(16)6-10/h5-7,9,13-14H,3-4,8,17H2,1-2H3. The minimum absolute atomic E-state index is 0.0510. The monoisotopic (exact) mass is 254 g/mol. The maximum atomic E-state index is 13.3. The molecule has 0 aliphatic carbocycles. The van der Waals surface area contributed by atoms with Crippen LogP contribution >= 0.6 is 0 Å². The Hall–Kier alpha value is -1.00. The average molecular weight is 254 g/mol. The van der Waals surface area contributed by atoms with Crippen molar-refractivity contribution >= 4 is 0 Å². The molecule has 0 bridgehead atoms. The Labute approximate surface area is 107 Å². The molecule has 2 atom stereocenters. The summed E-state index contributed by atoms with van der Waals surface area (Å²) in [5, 5.41) is 0. The third-order valence-corrected chi connectivity index (χ3v) is 3.37. The predicted octanol–water partition coefficient (Wildman–Crippen LogP) is 2.69. The zero-order chi connectivity index (χ0) is 13.3. The summed E-state index contributed by atoms with van der Waals surface area (Å²) in [6.45, 7) is 6.05. The number of hydrogen-bond donors (Lipinski definition) is 1. The molecule has 0 radical (unpaired) electrons. The van der Waals surface area contributed by atoms with Gasteiger partial charge in [0, 0.05) is 25.2 Å². The molecular weight excluding hydrogens is 234 g/mol. The fourth-order valence-corrected chi connectivity index (χ4v) is 2.76. The Morgan fingerprint density at radius 3 is 2.44 bits per heavy atom. The molecule has 0 spiro atoms. The highest BCUT2D eigenvalue weighted by molar-refractivity contribution is 5.24. The van der Waals surface area contributed by atoms with Crippen LogP contribution in [-0.2, 0) is 0 Å². The summed E-state index contributed by atoms with van der Waals surface area (Å²) in [5.74, 6) is -0.557. The highest BCUT2D eigenvalue weighted by atomic mass is 19.1. The minimum Gasteiger partial charge on any atom is -0.326 e. The van der Waals surface area contributed by atoms with Crippen LogP contribution in [0.2, 0.25) is 0 Å². The van der Waals surface area contributed by atoms with Crippen molar-refractivity contribution in [3.05, 3.63) is 35.4 Å². The van der Waals surface area contributed by atoms with Crippen molar-refractivity contribution in [2.75, 3.05) is 13.1 Å². The van der Waals surface area contributed by atoms with Crippen LogP contribution < -0.4 is 5.73 Å². The predicted molar refractivity (Wildman–Crippen MR) is 68.1 cm³/mol. The first-order chi connectivity index (χ1) is 8.47. The van der Waals surface area contributed by atoms with Gasteiger partial charge in [0.05, 0.1) is 6.04 Å². The summed E-state index contributed by atoms with van der Waals surface area (Å²) in [7, 11) is 0. The summed E-state index contributed by atoms with van der Waals surface area (Å²) in [5.41, 5.74) is 6.74. The number of nitrogens with two attached hydrogens (primary N) is 1. The van der Waals surface area contributed by atoms with Crippen molar-refractivity contribution in [3.8, 4) is 0 Å². The largest absolute Gasteiger partial charge is 0.326 e. The van der Waals surface area contributed by atoms with Gasteiger partial charge >= 0.3 is 0 Å². The fraction of sp³-hybridized carbons (Fsp3) is 0.571. The molecule has 1 aliphatic heterocycles. The summed E-state index contributed by atoms with van der Waals surface area (Å²) in [4.78, 5) is 2.23. The number of halogens is 2. The summed E-state index contributed by atoms with van der Waals surface area (Å²) in [6.07, 6.45) is 0.871. The molecule has 0 amide bonds. The van der Waals surface area contributed by atoms with Gasteiger partial charge in [-0.25, -0.2) is 8.78 Å². The molecule has 2 N–H and O–H groups in total. The summed E-state index contributed by atoms with van der Waals surface area (Å²) >= 11 is 0. The fourth-order valence-electron chi connectivity index (χ4n) is 2.76. The second-order valence-corrected chi connectivity index (χ2v) is 5.49. The van der Waals surface area contributed by atoms with E-state index in [4.69, 9.17) is 5.73 Å². The van der Waals surface area contributed by atoms with Crippen molar-refractivity contribution in [1.29, 1.82) is 0 Å². The number of likely N-dealkylation sites (tertiary alicyclic amines) is 1. The zero-order valence-corrected chi connectivity index (χ0v) is 10.9. The molecule has 0 aromatic heterocycles.